The number of Topliss-reactive ketones (excluding diaryl/α,β-unsaturated/α-hetero) is 1. The van der Waals surface area contributed by atoms with Crippen LogP contribution < -0.4 is 5.73 Å². The van der Waals surface area contributed by atoms with E-state index in [1.54, 1.807) is 6.07 Å². The fraction of sp³-hybridized carbons (Fsp3) is 0.364. The number of carbonyl (C=O) groups excluding carboxylic acids is 1. The number of carbonyl (C=O) groups is 1. The highest BCUT2D eigenvalue weighted by atomic mass is 79.9. The van der Waals surface area contributed by atoms with Crippen molar-refractivity contribution in [2.45, 2.75) is 25.1 Å². The van der Waals surface area contributed by atoms with E-state index in [4.69, 9.17) is 17.3 Å². The molecule has 7 heteroatoms. The van der Waals surface area contributed by atoms with Crippen molar-refractivity contribution in [3.8, 4) is 0 Å². The Balaban J connectivity index is 2.95. The van der Waals surface area contributed by atoms with Gasteiger partial charge in [-0.15, -0.1) is 0 Å². The van der Waals surface area contributed by atoms with E-state index in [2.05, 4.69) is 15.9 Å². The summed E-state index contributed by atoms with van der Waals surface area (Å²) in [7, 11) is 0. The molecule has 0 aliphatic carbocycles. The van der Waals surface area contributed by atoms with E-state index in [1.807, 2.05) is 0 Å². The molecule has 18 heavy (non-hydrogen) atoms. The molecule has 0 bridgehead atoms. The molecule has 2 nitrogen and oxygen atoms in total. The van der Waals surface area contributed by atoms with Crippen molar-refractivity contribution in [2.24, 2.45) is 5.73 Å². The molecule has 0 aromatic heterocycles. The monoisotopic (exact) mass is 343 g/mol. The summed E-state index contributed by atoms with van der Waals surface area (Å²) in [4.78, 5) is 11.6. The number of rotatable bonds is 3. The second-order valence-electron chi connectivity index (χ2n) is 4.04. The number of benzene rings is 1. The molecule has 0 saturated carbocycles. The summed E-state index contributed by atoms with van der Waals surface area (Å²) in [5.74, 6) is -1.13. The SMILES string of the molecule is CC(N)(C(=O)Cc1ccc(Br)cc1Cl)C(F)(F)F. The summed E-state index contributed by atoms with van der Waals surface area (Å²) in [6.45, 7) is 0.655. The van der Waals surface area contributed by atoms with Crippen molar-refractivity contribution >= 4 is 33.3 Å². The molecule has 0 saturated heterocycles. The smallest absolute Gasteiger partial charge is 0.312 e. The maximum absolute atomic E-state index is 12.6. The first kappa shape index (κ1) is 15.5. The third-order valence-corrected chi connectivity index (χ3v) is 3.38. The molecule has 0 amide bonds. The average molecular weight is 345 g/mol. The lowest BCUT2D eigenvalue weighted by Crippen LogP contribution is -2.57. The Kier molecular flexibility index (Phi) is 4.46. The first-order chi connectivity index (χ1) is 8.05. The molecule has 0 radical (unpaired) electrons. The minimum absolute atomic E-state index is 0.218. The Morgan fingerprint density at radius 2 is 2.00 bits per heavy atom. The van der Waals surface area contributed by atoms with Crippen LogP contribution in [0.25, 0.3) is 0 Å². The van der Waals surface area contributed by atoms with Crippen LogP contribution in [0.5, 0.6) is 0 Å². The highest BCUT2D eigenvalue weighted by Gasteiger charge is 2.53. The Labute approximate surface area is 115 Å². The molecule has 2 N–H and O–H groups in total. The first-order valence-corrected chi connectivity index (χ1v) is 6.05. The van der Waals surface area contributed by atoms with Gasteiger partial charge in [0.25, 0.3) is 0 Å². The van der Waals surface area contributed by atoms with Gasteiger partial charge in [0.2, 0.25) is 0 Å². The number of ketones is 1. The fourth-order valence-corrected chi connectivity index (χ4v) is 1.92. The zero-order chi connectivity index (χ0) is 14.1. The van der Waals surface area contributed by atoms with Crippen molar-refractivity contribution in [1.82, 2.24) is 0 Å². The van der Waals surface area contributed by atoms with Gasteiger partial charge in [0.05, 0.1) is 0 Å². The molecule has 1 rings (SSSR count). The summed E-state index contributed by atoms with van der Waals surface area (Å²) < 4.78 is 38.4. The Morgan fingerprint density at radius 3 is 2.44 bits per heavy atom. The van der Waals surface area contributed by atoms with Gasteiger partial charge in [-0.2, -0.15) is 13.2 Å². The van der Waals surface area contributed by atoms with Crippen LogP contribution in [0, 0.1) is 0 Å². The van der Waals surface area contributed by atoms with Gasteiger partial charge in [-0.05, 0) is 24.6 Å². The topological polar surface area (TPSA) is 43.1 Å². The molecular weight excluding hydrogens is 334 g/mol. The zero-order valence-electron chi connectivity index (χ0n) is 9.31. The molecule has 0 spiro atoms. The van der Waals surface area contributed by atoms with Gasteiger partial charge in [-0.3, -0.25) is 4.79 Å². The molecule has 0 aliphatic rings. The van der Waals surface area contributed by atoms with Crippen molar-refractivity contribution in [2.75, 3.05) is 0 Å². The molecule has 0 aliphatic heterocycles. The molecule has 1 aromatic rings. The van der Waals surface area contributed by atoms with Crippen LogP contribution in [0.4, 0.5) is 13.2 Å². The van der Waals surface area contributed by atoms with Crippen LogP contribution in [0.1, 0.15) is 12.5 Å². The van der Waals surface area contributed by atoms with Gasteiger partial charge >= 0.3 is 6.18 Å². The molecule has 1 atom stereocenters. The standard InChI is InChI=1S/C11H10BrClF3NO/c1-10(17,11(14,15)16)9(18)4-6-2-3-7(12)5-8(6)13/h2-3,5H,4,17H2,1H3. The third kappa shape index (κ3) is 3.24. The lowest BCUT2D eigenvalue weighted by Gasteiger charge is -2.26. The maximum atomic E-state index is 12.6. The largest absolute Gasteiger partial charge is 0.413 e. The lowest BCUT2D eigenvalue weighted by molar-refractivity contribution is -0.185. The van der Waals surface area contributed by atoms with E-state index in [9.17, 15) is 18.0 Å². The number of hydrogen-bond acceptors (Lipinski definition) is 2. The summed E-state index contributed by atoms with van der Waals surface area (Å²) >= 11 is 8.99. The predicted molar refractivity (Wildman–Crippen MR) is 66.5 cm³/mol. The van der Waals surface area contributed by atoms with Gasteiger partial charge in [0.1, 0.15) is 0 Å². The van der Waals surface area contributed by atoms with Gasteiger partial charge in [-0.25, -0.2) is 0 Å². The second-order valence-corrected chi connectivity index (χ2v) is 5.36. The molecule has 1 unspecified atom stereocenters. The average Bonchev–Trinajstić information content (AvgIpc) is 2.20. The van der Waals surface area contributed by atoms with Gasteiger partial charge in [0.15, 0.2) is 11.3 Å². The van der Waals surface area contributed by atoms with E-state index in [-0.39, 0.29) is 5.02 Å². The first-order valence-electron chi connectivity index (χ1n) is 4.88. The van der Waals surface area contributed by atoms with E-state index >= 15 is 0 Å². The van der Waals surface area contributed by atoms with Crippen LogP contribution in [0.2, 0.25) is 5.02 Å². The third-order valence-electron chi connectivity index (χ3n) is 2.53. The van der Waals surface area contributed by atoms with Crippen molar-refractivity contribution < 1.29 is 18.0 Å². The summed E-state index contributed by atoms with van der Waals surface area (Å²) in [5, 5.41) is 0.218. The zero-order valence-corrected chi connectivity index (χ0v) is 11.7. The van der Waals surface area contributed by atoms with Gasteiger partial charge in [0, 0.05) is 15.9 Å². The van der Waals surface area contributed by atoms with E-state index in [1.165, 1.54) is 12.1 Å². The number of halogens is 5. The number of nitrogens with two attached hydrogens (primary N) is 1. The van der Waals surface area contributed by atoms with E-state index in [0.29, 0.717) is 17.0 Å². The molecule has 0 fully saturated rings. The lowest BCUT2D eigenvalue weighted by atomic mass is 9.92. The summed E-state index contributed by atoms with van der Waals surface area (Å²) in [5.41, 5.74) is 2.48. The summed E-state index contributed by atoms with van der Waals surface area (Å²) in [6.07, 6.45) is -5.25. The molecular formula is C11H10BrClF3NO. The Bertz CT molecular complexity index is 474. The Hall–Kier alpha value is -0.590. The van der Waals surface area contributed by atoms with E-state index < -0.39 is 23.9 Å². The minimum atomic E-state index is -4.79. The van der Waals surface area contributed by atoms with Crippen LogP contribution in [0.3, 0.4) is 0 Å². The van der Waals surface area contributed by atoms with Crippen LogP contribution in [0.15, 0.2) is 22.7 Å². The molecule has 1 aromatic carbocycles. The van der Waals surface area contributed by atoms with Crippen molar-refractivity contribution in [1.29, 1.82) is 0 Å². The van der Waals surface area contributed by atoms with Crippen LogP contribution in [-0.2, 0) is 11.2 Å². The number of alkyl halides is 3. The predicted octanol–water partition coefficient (Wildman–Crippen LogP) is 3.49. The maximum Gasteiger partial charge on any atom is 0.413 e. The number of hydrogen-bond donors (Lipinski definition) is 1. The minimum Gasteiger partial charge on any atom is -0.312 e. The van der Waals surface area contributed by atoms with Crippen LogP contribution >= 0.6 is 27.5 Å². The van der Waals surface area contributed by atoms with Gasteiger partial charge < -0.3 is 5.73 Å². The van der Waals surface area contributed by atoms with Crippen molar-refractivity contribution in [3.63, 3.8) is 0 Å². The van der Waals surface area contributed by atoms with Crippen molar-refractivity contribution in [3.05, 3.63) is 33.3 Å². The Morgan fingerprint density at radius 1 is 1.44 bits per heavy atom. The quantitative estimate of drug-likeness (QED) is 0.912. The normalized spacial score (nSPS) is 15.3. The molecule has 100 valence electrons. The van der Waals surface area contributed by atoms with Crippen LogP contribution in [-0.4, -0.2) is 17.5 Å². The summed E-state index contributed by atoms with van der Waals surface area (Å²) in [6, 6.07) is 4.58. The van der Waals surface area contributed by atoms with Gasteiger partial charge in [-0.1, -0.05) is 33.6 Å². The second kappa shape index (κ2) is 5.19. The highest BCUT2D eigenvalue weighted by Crippen LogP contribution is 2.30. The fourth-order valence-electron chi connectivity index (χ4n) is 1.18. The highest BCUT2D eigenvalue weighted by molar-refractivity contribution is 9.10. The molecule has 0 heterocycles. The van der Waals surface area contributed by atoms with E-state index in [0.717, 1.165) is 0 Å².